The summed E-state index contributed by atoms with van der Waals surface area (Å²) in [5.74, 6) is 0.737. The van der Waals surface area contributed by atoms with Crippen LogP contribution >= 0.6 is 22.7 Å². The van der Waals surface area contributed by atoms with Crippen molar-refractivity contribution in [2.45, 2.75) is 45.3 Å². The summed E-state index contributed by atoms with van der Waals surface area (Å²) in [7, 11) is 0. The van der Waals surface area contributed by atoms with Crippen molar-refractivity contribution in [2.24, 2.45) is 0 Å². The van der Waals surface area contributed by atoms with Crippen molar-refractivity contribution in [3.8, 4) is 0 Å². The van der Waals surface area contributed by atoms with Crippen LogP contribution < -0.4 is 11.0 Å². The van der Waals surface area contributed by atoms with E-state index in [1.54, 1.807) is 15.9 Å². The molecule has 1 atom stereocenters. The first kappa shape index (κ1) is 17.2. The molecule has 0 saturated carbocycles. The number of hydrogen-bond acceptors (Lipinski definition) is 6. The Bertz CT molecular complexity index is 970. The lowest BCUT2D eigenvalue weighted by Gasteiger charge is -2.15. The fourth-order valence-corrected chi connectivity index (χ4v) is 4.41. The molecule has 0 saturated heterocycles. The van der Waals surface area contributed by atoms with Gasteiger partial charge in [-0.15, -0.1) is 11.3 Å². The van der Waals surface area contributed by atoms with E-state index >= 15 is 0 Å². The number of amides is 1. The Balaban J connectivity index is 1.44. The summed E-state index contributed by atoms with van der Waals surface area (Å²) in [5.41, 5.74) is 1.46. The third kappa shape index (κ3) is 3.49. The molecular weight excluding hydrogens is 370 g/mol. The molecule has 0 radical (unpaired) electrons. The molecule has 3 aromatic heterocycles. The predicted molar refractivity (Wildman–Crippen MR) is 101 cm³/mol. The first-order valence-electron chi connectivity index (χ1n) is 8.51. The Morgan fingerprint density at radius 3 is 3.00 bits per heavy atom. The molecule has 9 heteroatoms. The summed E-state index contributed by atoms with van der Waals surface area (Å²) in [6, 6.07) is 1.87. The number of nitrogens with zero attached hydrogens (tertiary/aromatic N) is 4. The van der Waals surface area contributed by atoms with Crippen molar-refractivity contribution in [3.63, 3.8) is 0 Å². The normalized spacial score (nSPS) is 16.9. The summed E-state index contributed by atoms with van der Waals surface area (Å²) in [4.78, 5) is 29.3. The third-order valence-electron chi connectivity index (χ3n) is 4.51. The number of carbonyl (C=O) groups excluding carboxylic acids is 1. The number of hydrogen-bond donors (Lipinski definition) is 1. The van der Waals surface area contributed by atoms with Gasteiger partial charge in [0.15, 0.2) is 0 Å². The fourth-order valence-electron chi connectivity index (χ4n) is 3.17. The van der Waals surface area contributed by atoms with E-state index in [-0.39, 0.29) is 17.6 Å². The van der Waals surface area contributed by atoms with Crippen LogP contribution in [0, 0.1) is 6.92 Å². The van der Waals surface area contributed by atoms with E-state index in [4.69, 9.17) is 0 Å². The number of fused-ring (bicyclic) bond motifs is 1. The Labute approximate surface area is 158 Å². The number of thiophene rings is 1. The Morgan fingerprint density at radius 2 is 2.27 bits per heavy atom. The van der Waals surface area contributed by atoms with E-state index in [1.165, 1.54) is 16.0 Å². The molecule has 3 aromatic rings. The highest BCUT2D eigenvalue weighted by Crippen LogP contribution is 2.14. The number of aromatic nitrogens is 4. The van der Waals surface area contributed by atoms with Gasteiger partial charge >= 0.3 is 5.69 Å². The van der Waals surface area contributed by atoms with E-state index in [0.29, 0.717) is 25.1 Å². The smallest absolute Gasteiger partial charge is 0.346 e. The van der Waals surface area contributed by atoms with E-state index < -0.39 is 0 Å². The molecule has 4 rings (SSSR count). The Hall–Kier alpha value is -2.26. The van der Waals surface area contributed by atoms with Crippen LogP contribution in [0.4, 0.5) is 0 Å². The van der Waals surface area contributed by atoms with Crippen molar-refractivity contribution < 1.29 is 4.79 Å². The monoisotopic (exact) mass is 389 g/mol. The first-order chi connectivity index (χ1) is 12.6. The first-order valence-corrected chi connectivity index (χ1v) is 10.3. The van der Waals surface area contributed by atoms with Gasteiger partial charge in [-0.1, -0.05) is 0 Å². The zero-order valence-corrected chi connectivity index (χ0v) is 16.0. The van der Waals surface area contributed by atoms with E-state index in [0.717, 1.165) is 29.4 Å². The molecule has 136 valence electrons. The minimum Gasteiger partial charge on any atom is -0.349 e. The standard InChI is InChI=1S/C17H19N5O2S2/c1-11-18-14(10-26-11)8-22-17(24)21-6-4-13(2-3-15(21)20-22)19-16(23)12-5-7-25-9-12/h5,7,9-10,13H,2-4,6,8H2,1H3,(H,19,23). The van der Waals surface area contributed by atoms with Gasteiger partial charge in [0.05, 0.1) is 17.2 Å². The zero-order chi connectivity index (χ0) is 18.1. The summed E-state index contributed by atoms with van der Waals surface area (Å²) in [5, 5.41) is 14.3. The largest absolute Gasteiger partial charge is 0.349 e. The van der Waals surface area contributed by atoms with Crippen LogP contribution in [0.25, 0.3) is 0 Å². The topological polar surface area (TPSA) is 81.8 Å². The Morgan fingerprint density at radius 1 is 1.38 bits per heavy atom. The molecule has 0 spiro atoms. The summed E-state index contributed by atoms with van der Waals surface area (Å²) in [6.07, 6.45) is 2.18. The molecule has 4 heterocycles. The number of thiazole rings is 1. The highest BCUT2D eigenvalue weighted by Gasteiger charge is 2.22. The van der Waals surface area contributed by atoms with Crippen LogP contribution in [-0.4, -0.2) is 31.3 Å². The molecule has 1 N–H and O–H groups in total. The fraction of sp³-hybridized carbons (Fsp3) is 0.412. The van der Waals surface area contributed by atoms with Gasteiger partial charge < -0.3 is 5.32 Å². The molecule has 1 amide bonds. The number of rotatable bonds is 4. The van der Waals surface area contributed by atoms with Crippen LogP contribution in [-0.2, 0) is 19.5 Å². The van der Waals surface area contributed by atoms with Crippen molar-refractivity contribution in [3.05, 3.63) is 54.8 Å². The molecular formula is C17H19N5O2S2. The van der Waals surface area contributed by atoms with Crippen molar-refractivity contribution in [2.75, 3.05) is 0 Å². The van der Waals surface area contributed by atoms with Crippen LogP contribution in [0.15, 0.2) is 27.0 Å². The second-order valence-corrected chi connectivity index (χ2v) is 8.22. The quantitative estimate of drug-likeness (QED) is 0.740. The van der Waals surface area contributed by atoms with Crippen LogP contribution in [0.5, 0.6) is 0 Å². The van der Waals surface area contributed by atoms with E-state index in [2.05, 4.69) is 15.4 Å². The van der Waals surface area contributed by atoms with Gasteiger partial charge in [-0.2, -0.15) is 16.4 Å². The SMILES string of the molecule is Cc1nc(Cn2nc3n(c2=O)CCC(NC(=O)c2ccsc2)CC3)cs1. The lowest BCUT2D eigenvalue weighted by atomic mass is 10.1. The molecule has 1 aliphatic heterocycles. The molecule has 1 unspecified atom stereocenters. The van der Waals surface area contributed by atoms with Gasteiger partial charge in [-0.05, 0) is 31.2 Å². The highest BCUT2D eigenvalue weighted by atomic mass is 32.1. The maximum atomic E-state index is 12.6. The maximum absolute atomic E-state index is 12.6. The summed E-state index contributed by atoms with van der Waals surface area (Å²) in [6.45, 7) is 2.92. The number of carbonyl (C=O) groups is 1. The molecule has 7 nitrogen and oxygen atoms in total. The van der Waals surface area contributed by atoms with Gasteiger partial charge in [0.25, 0.3) is 5.91 Å². The van der Waals surface area contributed by atoms with Gasteiger partial charge in [0.1, 0.15) is 5.82 Å². The van der Waals surface area contributed by atoms with Gasteiger partial charge in [0.2, 0.25) is 0 Å². The van der Waals surface area contributed by atoms with Crippen molar-refractivity contribution in [1.82, 2.24) is 24.6 Å². The number of aryl methyl sites for hydroxylation is 2. The maximum Gasteiger partial charge on any atom is 0.346 e. The lowest BCUT2D eigenvalue weighted by Crippen LogP contribution is -2.35. The van der Waals surface area contributed by atoms with Crippen LogP contribution in [0.1, 0.15) is 39.7 Å². The third-order valence-corrected chi connectivity index (χ3v) is 6.02. The average molecular weight is 390 g/mol. The molecule has 0 aromatic carbocycles. The van der Waals surface area contributed by atoms with Gasteiger partial charge in [-0.3, -0.25) is 9.36 Å². The molecule has 0 fully saturated rings. The second-order valence-electron chi connectivity index (χ2n) is 6.38. The second kappa shape index (κ2) is 7.16. The van der Waals surface area contributed by atoms with E-state index in [9.17, 15) is 9.59 Å². The average Bonchev–Trinajstić information content (AvgIpc) is 3.31. The van der Waals surface area contributed by atoms with Gasteiger partial charge in [0, 0.05) is 35.3 Å². The lowest BCUT2D eigenvalue weighted by molar-refractivity contribution is 0.0933. The van der Waals surface area contributed by atoms with Gasteiger partial charge in [-0.25, -0.2) is 14.5 Å². The summed E-state index contributed by atoms with van der Waals surface area (Å²) >= 11 is 3.08. The minimum absolute atomic E-state index is 0.0490. The number of nitrogens with one attached hydrogen (secondary N) is 1. The van der Waals surface area contributed by atoms with Crippen LogP contribution in [0.2, 0.25) is 0 Å². The summed E-state index contributed by atoms with van der Waals surface area (Å²) < 4.78 is 3.23. The molecule has 0 bridgehead atoms. The highest BCUT2D eigenvalue weighted by molar-refractivity contribution is 7.09. The van der Waals surface area contributed by atoms with Crippen molar-refractivity contribution >= 4 is 28.6 Å². The Kier molecular flexibility index (Phi) is 4.73. The van der Waals surface area contributed by atoms with Crippen molar-refractivity contribution in [1.29, 1.82) is 0 Å². The predicted octanol–water partition coefficient (Wildman–Crippen LogP) is 2.05. The molecule has 1 aliphatic rings. The van der Waals surface area contributed by atoms with Crippen LogP contribution in [0.3, 0.4) is 0 Å². The minimum atomic E-state index is -0.101. The molecule has 26 heavy (non-hydrogen) atoms. The van der Waals surface area contributed by atoms with E-state index in [1.807, 2.05) is 29.1 Å². The zero-order valence-electron chi connectivity index (χ0n) is 14.3. The molecule has 0 aliphatic carbocycles.